The van der Waals surface area contributed by atoms with Gasteiger partial charge in [-0.05, 0) is 11.8 Å². The Morgan fingerprint density at radius 1 is 0.952 bits per heavy atom. The van der Waals surface area contributed by atoms with E-state index in [-0.39, 0.29) is 21.1 Å². The first-order valence-electron chi connectivity index (χ1n) is 6.44. The largest absolute Gasteiger partial charge is 0.692 e. The number of rotatable bonds is 3. The van der Waals surface area contributed by atoms with Crippen molar-refractivity contribution in [2.45, 2.75) is 13.8 Å². The Morgan fingerprint density at radius 2 is 1.57 bits per heavy atom. The van der Waals surface area contributed by atoms with Gasteiger partial charge in [-0.2, -0.15) is 11.4 Å². The maximum atomic E-state index is 4.22. The van der Waals surface area contributed by atoms with E-state index in [4.69, 9.17) is 0 Å². The van der Waals surface area contributed by atoms with Crippen LogP contribution in [0.25, 0.3) is 21.9 Å². The molecule has 0 atom stereocenters. The minimum Gasteiger partial charge on any atom is -0.692 e. The Morgan fingerprint density at radius 3 is 2.00 bits per heavy atom. The van der Waals surface area contributed by atoms with Gasteiger partial charge in [-0.25, -0.2) is 0 Å². The summed E-state index contributed by atoms with van der Waals surface area (Å²) in [4.78, 5) is 4.22. The Hall–Kier alpha value is -1.60. The molecule has 0 fully saturated rings. The third-order valence-electron chi connectivity index (χ3n) is 2.84. The first-order valence-corrected chi connectivity index (χ1v) is 6.44. The fraction of sp³-hybridized carbons (Fsp3) is 0.235. The second kappa shape index (κ2) is 11.1. The molecule has 1 aromatic carbocycles. The van der Waals surface area contributed by atoms with Gasteiger partial charge in [0.25, 0.3) is 0 Å². The average molecular weight is 461 g/mol. The molecule has 0 bridgehead atoms. The van der Waals surface area contributed by atoms with Crippen LogP contribution in [0.5, 0.6) is 0 Å². The van der Waals surface area contributed by atoms with Crippen LogP contribution in [-0.2, 0) is 21.1 Å². The molecule has 21 heavy (non-hydrogen) atoms. The molecule has 0 aliphatic rings. The van der Waals surface area contributed by atoms with Gasteiger partial charge in [-0.1, -0.05) is 26.0 Å². The molecule has 2 rings (SSSR count). The van der Waals surface area contributed by atoms with Gasteiger partial charge in [0.15, 0.2) is 0 Å². The maximum Gasteiger partial charge on any atom is 0.0160 e. The van der Waals surface area contributed by atoms with E-state index in [1.165, 1.54) is 0 Å². The van der Waals surface area contributed by atoms with Crippen molar-refractivity contribution in [2.75, 3.05) is 14.1 Å². The van der Waals surface area contributed by atoms with Crippen molar-refractivity contribution in [2.24, 2.45) is 0 Å². The molecule has 0 radical (unpaired) electrons. The molecular weight excluding hydrogens is 441 g/mol. The van der Waals surface area contributed by atoms with Crippen molar-refractivity contribution < 1.29 is 21.1 Å². The standard InChI is InChI=1S/C11H8N.C6H12N2.Pt/c1-2-6-10(7-3-1)11-8-4-5-9-12-11;1-5(7-3)6(2)8-4;/h1-6,8-9H;1-4H3;/q-1;-2;/b;6-5-;. The zero-order valence-electron chi connectivity index (χ0n) is 12.8. The van der Waals surface area contributed by atoms with Gasteiger partial charge < -0.3 is 15.6 Å². The zero-order chi connectivity index (χ0) is 14.8. The fourth-order valence-electron chi connectivity index (χ4n) is 1.40. The van der Waals surface area contributed by atoms with Crippen LogP contribution >= 0.6 is 0 Å². The second-order valence-electron chi connectivity index (χ2n) is 4.11. The number of benzene rings is 1. The predicted molar refractivity (Wildman–Crippen MR) is 85.4 cm³/mol. The van der Waals surface area contributed by atoms with Gasteiger partial charge in [0, 0.05) is 27.3 Å². The molecule has 0 spiro atoms. The van der Waals surface area contributed by atoms with Gasteiger partial charge in [0.05, 0.1) is 0 Å². The molecule has 0 N–H and O–H groups in total. The normalized spacial score (nSPS) is 10.3. The first-order chi connectivity index (χ1) is 9.69. The Labute approximate surface area is 142 Å². The minimum absolute atomic E-state index is 0. The number of nitrogens with zero attached hydrogens (tertiary/aromatic N) is 3. The van der Waals surface area contributed by atoms with Crippen LogP contribution in [0.1, 0.15) is 13.8 Å². The van der Waals surface area contributed by atoms with E-state index in [2.05, 4.69) is 21.7 Å². The molecule has 1 heterocycles. The Bertz CT molecular complexity index is 475. The van der Waals surface area contributed by atoms with Gasteiger partial charge in [0.1, 0.15) is 0 Å². The monoisotopic (exact) mass is 461 g/mol. The predicted octanol–water partition coefficient (Wildman–Crippen LogP) is 4.79. The number of pyridine rings is 1. The van der Waals surface area contributed by atoms with E-state index in [9.17, 15) is 0 Å². The van der Waals surface area contributed by atoms with E-state index in [0.29, 0.717) is 0 Å². The van der Waals surface area contributed by atoms with Crippen LogP contribution < -0.4 is 0 Å². The average Bonchev–Trinajstić information content (AvgIpc) is 2.55. The van der Waals surface area contributed by atoms with Crippen LogP contribution in [0.4, 0.5) is 0 Å². The Balaban J connectivity index is 0.000000397. The summed E-state index contributed by atoms with van der Waals surface area (Å²) < 4.78 is 0. The van der Waals surface area contributed by atoms with Crippen LogP contribution in [0.3, 0.4) is 0 Å². The van der Waals surface area contributed by atoms with Crippen LogP contribution in [0.2, 0.25) is 0 Å². The second-order valence-corrected chi connectivity index (χ2v) is 4.11. The number of hydrogen-bond acceptors (Lipinski definition) is 1. The van der Waals surface area contributed by atoms with Crippen molar-refractivity contribution in [1.29, 1.82) is 0 Å². The van der Waals surface area contributed by atoms with Gasteiger partial charge in [-0.3, -0.25) is 0 Å². The van der Waals surface area contributed by atoms with Crippen molar-refractivity contribution in [3.05, 3.63) is 76.8 Å². The molecule has 2 aromatic rings. The molecule has 0 unspecified atom stereocenters. The molecule has 0 amide bonds. The van der Waals surface area contributed by atoms with Crippen molar-refractivity contribution >= 4 is 0 Å². The van der Waals surface area contributed by atoms with Gasteiger partial charge in [-0.15, -0.1) is 50.0 Å². The SMILES string of the molecule is C[N-]/C(C)=C(/C)[N-]C.[Pt].[c-]1ccccc1-c1ccccn1. The maximum absolute atomic E-state index is 4.22. The summed E-state index contributed by atoms with van der Waals surface area (Å²) in [6.45, 7) is 3.89. The summed E-state index contributed by atoms with van der Waals surface area (Å²) in [7, 11) is 3.54. The summed E-state index contributed by atoms with van der Waals surface area (Å²) in [6.07, 6.45) is 1.79. The smallest absolute Gasteiger partial charge is 0.0160 e. The van der Waals surface area contributed by atoms with Crippen LogP contribution in [0, 0.1) is 6.07 Å². The molecule has 1 aromatic heterocycles. The molecular formula is C17H20N3Pt-3. The molecule has 0 aliphatic heterocycles. The topological polar surface area (TPSA) is 41.1 Å². The Kier molecular flexibility index (Phi) is 10.3. The van der Waals surface area contributed by atoms with E-state index in [1.807, 2.05) is 56.3 Å². The van der Waals surface area contributed by atoms with Crippen molar-refractivity contribution in [3.63, 3.8) is 0 Å². The molecule has 3 nitrogen and oxygen atoms in total. The fourth-order valence-corrected chi connectivity index (χ4v) is 1.40. The van der Waals surface area contributed by atoms with E-state index in [0.717, 1.165) is 22.7 Å². The molecule has 4 heteroatoms. The summed E-state index contributed by atoms with van der Waals surface area (Å²) in [5.74, 6) is 0. The summed E-state index contributed by atoms with van der Waals surface area (Å²) >= 11 is 0. The third-order valence-corrected chi connectivity index (χ3v) is 2.84. The number of aromatic nitrogens is 1. The molecule has 0 saturated heterocycles. The van der Waals surface area contributed by atoms with E-state index >= 15 is 0 Å². The molecule has 0 saturated carbocycles. The molecule has 116 valence electrons. The van der Waals surface area contributed by atoms with Gasteiger partial charge in [0.2, 0.25) is 0 Å². The summed E-state index contributed by atoms with van der Waals surface area (Å²) in [6, 6.07) is 16.8. The van der Waals surface area contributed by atoms with Crippen molar-refractivity contribution in [3.8, 4) is 11.3 Å². The number of hydrogen-bond donors (Lipinski definition) is 0. The zero-order valence-corrected chi connectivity index (χ0v) is 15.0. The quantitative estimate of drug-likeness (QED) is 0.606. The van der Waals surface area contributed by atoms with Crippen molar-refractivity contribution in [1.82, 2.24) is 4.98 Å². The van der Waals surface area contributed by atoms with Crippen LogP contribution in [-0.4, -0.2) is 19.1 Å². The van der Waals surface area contributed by atoms with Gasteiger partial charge >= 0.3 is 0 Å². The third kappa shape index (κ3) is 7.10. The first kappa shape index (κ1) is 19.4. The van der Waals surface area contributed by atoms with E-state index in [1.54, 1.807) is 20.3 Å². The summed E-state index contributed by atoms with van der Waals surface area (Å²) in [5.41, 5.74) is 4.02. The molecule has 0 aliphatic carbocycles. The van der Waals surface area contributed by atoms with E-state index < -0.39 is 0 Å². The summed E-state index contributed by atoms with van der Waals surface area (Å²) in [5, 5.41) is 7.89. The minimum atomic E-state index is 0. The number of allylic oxidation sites excluding steroid dienone is 2. The van der Waals surface area contributed by atoms with Crippen LogP contribution in [0.15, 0.2) is 60.1 Å².